The number of benzene rings is 2. The van der Waals surface area contributed by atoms with Gasteiger partial charge in [-0.2, -0.15) is 0 Å². The van der Waals surface area contributed by atoms with Crippen molar-refractivity contribution in [1.29, 1.82) is 0 Å². The van der Waals surface area contributed by atoms with Crippen LogP contribution < -0.4 is 16.1 Å². The fourth-order valence-corrected chi connectivity index (χ4v) is 5.35. The molecule has 31 heavy (non-hydrogen) atoms. The third-order valence-corrected chi connectivity index (χ3v) is 6.78. The highest BCUT2D eigenvalue weighted by Crippen LogP contribution is 2.33. The second-order valence-corrected chi connectivity index (χ2v) is 9.02. The van der Waals surface area contributed by atoms with E-state index in [1.807, 2.05) is 37.3 Å². The summed E-state index contributed by atoms with van der Waals surface area (Å²) in [5.74, 6) is 7.28. The minimum Gasteiger partial charge on any atom is -0.486 e. The molecular weight excluding hydrogens is 408 g/mol. The van der Waals surface area contributed by atoms with Crippen LogP contribution in [0.5, 0.6) is 5.75 Å². The summed E-state index contributed by atoms with van der Waals surface area (Å²) in [5.41, 5.74) is 3.32. The zero-order valence-electron chi connectivity index (χ0n) is 17.4. The SMILES string of the molecule is Cc1cccc(OCc2nc3sc4c(c3c(=O)n2N)CCN(Cc2ccccc2)C4)c1. The van der Waals surface area contributed by atoms with E-state index in [9.17, 15) is 4.79 Å². The van der Waals surface area contributed by atoms with Crippen molar-refractivity contribution >= 4 is 21.6 Å². The monoisotopic (exact) mass is 432 g/mol. The molecule has 0 saturated heterocycles. The van der Waals surface area contributed by atoms with Gasteiger partial charge in [-0.3, -0.25) is 9.69 Å². The van der Waals surface area contributed by atoms with Crippen LogP contribution >= 0.6 is 11.3 Å². The lowest BCUT2D eigenvalue weighted by Gasteiger charge is -2.26. The molecule has 3 heterocycles. The molecule has 6 nitrogen and oxygen atoms in total. The molecular formula is C24H24N4O2S. The summed E-state index contributed by atoms with van der Waals surface area (Å²) in [7, 11) is 0. The van der Waals surface area contributed by atoms with Crippen molar-refractivity contribution in [2.24, 2.45) is 0 Å². The van der Waals surface area contributed by atoms with Crippen molar-refractivity contribution in [2.45, 2.75) is 33.0 Å². The summed E-state index contributed by atoms with van der Waals surface area (Å²) in [6.45, 7) is 4.79. The van der Waals surface area contributed by atoms with Crippen LogP contribution in [0.2, 0.25) is 0 Å². The molecule has 0 spiro atoms. The van der Waals surface area contributed by atoms with Gasteiger partial charge in [0.15, 0.2) is 5.82 Å². The predicted octanol–water partition coefficient (Wildman–Crippen LogP) is 3.62. The maximum Gasteiger partial charge on any atom is 0.281 e. The molecule has 0 atom stereocenters. The Bertz CT molecular complexity index is 1300. The number of nitrogen functional groups attached to an aromatic ring is 1. The molecule has 0 unspecified atom stereocenters. The van der Waals surface area contributed by atoms with Gasteiger partial charge in [0.25, 0.3) is 5.56 Å². The highest BCUT2D eigenvalue weighted by molar-refractivity contribution is 7.18. The van der Waals surface area contributed by atoms with E-state index in [0.29, 0.717) is 11.2 Å². The first-order valence-electron chi connectivity index (χ1n) is 10.4. The number of nitrogens with zero attached hydrogens (tertiary/aromatic N) is 3. The van der Waals surface area contributed by atoms with Crippen LogP contribution in [0.4, 0.5) is 0 Å². The lowest BCUT2D eigenvalue weighted by atomic mass is 10.0. The van der Waals surface area contributed by atoms with Gasteiger partial charge in [0.1, 0.15) is 17.2 Å². The number of ether oxygens (including phenoxy) is 1. The summed E-state index contributed by atoms with van der Waals surface area (Å²) in [5, 5.41) is 0.668. The van der Waals surface area contributed by atoms with E-state index in [1.165, 1.54) is 10.4 Å². The fourth-order valence-electron chi connectivity index (χ4n) is 4.08. The van der Waals surface area contributed by atoms with Crippen molar-refractivity contribution in [3.8, 4) is 5.75 Å². The molecule has 4 aromatic rings. The van der Waals surface area contributed by atoms with Crippen LogP contribution in [0.15, 0.2) is 59.4 Å². The number of rotatable bonds is 5. The standard InChI is InChI=1S/C24H24N4O2S/c1-16-6-5-9-18(12-16)30-15-21-26-23-22(24(29)28(21)25)19-10-11-27(14-20(19)31-23)13-17-7-3-2-4-8-17/h2-9,12H,10-11,13-15,25H2,1H3. The second-order valence-electron chi connectivity index (χ2n) is 7.94. The Morgan fingerprint density at radius 3 is 2.81 bits per heavy atom. The van der Waals surface area contributed by atoms with Crippen LogP contribution in [-0.4, -0.2) is 21.1 Å². The van der Waals surface area contributed by atoms with Crippen molar-refractivity contribution < 1.29 is 4.74 Å². The normalized spacial score (nSPS) is 14.0. The van der Waals surface area contributed by atoms with E-state index >= 15 is 0 Å². The van der Waals surface area contributed by atoms with Gasteiger partial charge in [-0.05, 0) is 42.2 Å². The van der Waals surface area contributed by atoms with E-state index in [4.69, 9.17) is 15.6 Å². The van der Waals surface area contributed by atoms with E-state index < -0.39 is 0 Å². The fraction of sp³-hybridized carbons (Fsp3) is 0.250. The summed E-state index contributed by atoms with van der Waals surface area (Å²) >= 11 is 1.60. The zero-order chi connectivity index (χ0) is 21.4. The number of aryl methyl sites for hydroxylation is 1. The number of hydrogen-bond donors (Lipinski definition) is 1. The van der Waals surface area contributed by atoms with Gasteiger partial charge in [0.05, 0.1) is 5.39 Å². The zero-order valence-corrected chi connectivity index (χ0v) is 18.2. The Hall–Kier alpha value is -3.16. The molecule has 1 aliphatic rings. The van der Waals surface area contributed by atoms with Crippen molar-refractivity contribution in [3.63, 3.8) is 0 Å². The Morgan fingerprint density at radius 2 is 2.00 bits per heavy atom. The van der Waals surface area contributed by atoms with Gasteiger partial charge in [-0.1, -0.05) is 42.5 Å². The maximum absolute atomic E-state index is 13.1. The Kier molecular flexibility index (Phi) is 5.21. The molecule has 5 rings (SSSR count). The molecule has 158 valence electrons. The van der Waals surface area contributed by atoms with Crippen molar-refractivity contribution in [2.75, 3.05) is 12.4 Å². The Morgan fingerprint density at radius 1 is 1.16 bits per heavy atom. The lowest BCUT2D eigenvalue weighted by molar-refractivity contribution is 0.249. The number of nitrogens with two attached hydrogens (primary N) is 1. The molecule has 0 saturated carbocycles. The van der Waals surface area contributed by atoms with Crippen LogP contribution in [0, 0.1) is 6.92 Å². The molecule has 7 heteroatoms. The first-order valence-corrected chi connectivity index (χ1v) is 11.2. The van der Waals surface area contributed by atoms with Gasteiger partial charge in [0.2, 0.25) is 0 Å². The van der Waals surface area contributed by atoms with E-state index in [0.717, 1.165) is 52.4 Å². The minimum atomic E-state index is -0.193. The summed E-state index contributed by atoms with van der Waals surface area (Å²) in [6, 6.07) is 18.2. The summed E-state index contributed by atoms with van der Waals surface area (Å²) in [6.07, 6.45) is 0.832. The number of aromatic nitrogens is 2. The first kappa shape index (κ1) is 19.8. The van der Waals surface area contributed by atoms with E-state index in [-0.39, 0.29) is 12.2 Å². The van der Waals surface area contributed by atoms with Crippen LogP contribution in [0.1, 0.15) is 27.4 Å². The number of thiophene rings is 1. The van der Waals surface area contributed by atoms with Gasteiger partial charge in [0, 0.05) is 24.5 Å². The number of hydrogen-bond acceptors (Lipinski definition) is 6. The highest BCUT2D eigenvalue weighted by atomic mass is 32.1. The highest BCUT2D eigenvalue weighted by Gasteiger charge is 2.25. The average molecular weight is 433 g/mol. The topological polar surface area (TPSA) is 73.4 Å². The van der Waals surface area contributed by atoms with Crippen LogP contribution in [0.25, 0.3) is 10.2 Å². The maximum atomic E-state index is 13.1. The van der Waals surface area contributed by atoms with E-state index in [1.54, 1.807) is 11.3 Å². The summed E-state index contributed by atoms with van der Waals surface area (Å²) in [4.78, 5) is 22.1. The van der Waals surface area contributed by atoms with Gasteiger partial charge >= 0.3 is 0 Å². The van der Waals surface area contributed by atoms with Crippen molar-refractivity contribution in [3.05, 3.63) is 92.3 Å². The van der Waals surface area contributed by atoms with Crippen molar-refractivity contribution in [1.82, 2.24) is 14.6 Å². The first-order chi connectivity index (χ1) is 15.1. The Labute approximate surface area is 184 Å². The molecule has 2 aromatic heterocycles. The summed E-state index contributed by atoms with van der Waals surface area (Å²) < 4.78 is 6.98. The molecule has 0 amide bonds. The molecule has 0 radical (unpaired) electrons. The molecule has 2 aromatic carbocycles. The van der Waals surface area contributed by atoms with Gasteiger partial charge in [-0.15, -0.1) is 11.3 Å². The second kappa shape index (κ2) is 8.17. The molecule has 0 bridgehead atoms. The molecule has 0 aliphatic carbocycles. The van der Waals surface area contributed by atoms with Crippen LogP contribution in [0.3, 0.4) is 0 Å². The lowest BCUT2D eigenvalue weighted by Crippen LogP contribution is -2.33. The van der Waals surface area contributed by atoms with E-state index in [2.05, 4.69) is 29.2 Å². The molecule has 2 N–H and O–H groups in total. The third kappa shape index (κ3) is 3.94. The smallest absolute Gasteiger partial charge is 0.281 e. The van der Waals surface area contributed by atoms with Crippen LogP contribution in [-0.2, 0) is 26.1 Å². The predicted molar refractivity (Wildman–Crippen MR) is 124 cm³/mol. The number of fused-ring (bicyclic) bond motifs is 3. The Balaban J connectivity index is 1.41. The largest absolute Gasteiger partial charge is 0.486 e. The third-order valence-electron chi connectivity index (χ3n) is 5.67. The minimum absolute atomic E-state index is 0.147. The quantitative estimate of drug-likeness (QED) is 0.488. The van der Waals surface area contributed by atoms with Gasteiger partial charge in [-0.25, -0.2) is 9.66 Å². The average Bonchev–Trinajstić information content (AvgIpc) is 3.13. The molecule has 1 aliphatic heterocycles. The molecule has 0 fully saturated rings. The van der Waals surface area contributed by atoms with Gasteiger partial charge < -0.3 is 10.6 Å².